The summed E-state index contributed by atoms with van der Waals surface area (Å²) in [5.41, 5.74) is 1.50. The highest BCUT2D eigenvalue weighted by atomic mass is 16.7. The quantitative estimate of drug-likeness (QED) is 0.131. The molecule has 0 unspecified atom stereocenters. The molecule has 4 rings (SSSR count). The molecular weight excluding hydrogens is 628 g/mol. The lowest BCUT2D eigenvalue weighted by Gasteiger charge is -2.38. The summed E-state index contributed by atoms with van der Waals surface area (Å²) in [4.78, 5) is 22.9. The van der Waals surface area contributed by atoms with Crippen LogP contribution in [-0.4, -0.2) is 126 Å². The third kappa shape index (κ3) is 8.05. The molecule has 2 fully saturated rings. The van der Waals surface area contributed by atoms with Gasteiger partial charge in [-0.3, -0.25) is 0 Å². The molecule has 0 spiro atoms. The molecule has 0 bridgehead atoms. The monoisotopic (exact) mass is 668 g/mol. The highest BCUT2D eigenvalue weighted by Crippen LogP contribution is 2.35. The Hall–Kier alpha value is -3.74. The Kier molecular flexibility index (Phi) is 11.5. The van der Waals surface area contributed by atoms with E-state index >= 15 is 0 Å². The summed E-state index contributed by atoms with van der Waals surface area (Å²) < 4.78 is 27.0. The standard InChI is InChI=1S/C31H40O16/c1-12(8-14-4-6-16(32)18(10-14)44-30-24(37)20(33)22(35)26(46-30)28(39)40)13(2)9-15-5-7-17(43-3)19(11-15)45-31-25(38)21(34)23(36)27(47-31)29(41)42/h4-7,10-13,20-27,30-38H,8-9H2,1-3H3,(H,39,40)(H,41,42)/t12-,13+,20+,21-,22+,23-,24-,25+,26+,27-,30-,31+/m1/s1. The third-order valence-electron chi connectivity index (χ3n) is 8.45. The molecule has 0 saturated carbocycles. The van der Waals surface area contributed by atoms with Gasteiger partial charge in [0.25, 0.3) is 0 Å². The molecule has 2 aliphatic rings. The maximum absolute atomic E-state index is 11.5. The SMILES string of the molecule is COc1ccc(C[C@H](C)[C@H](C)Cc2ccc(O)c(O[C@@H]3O[C@H](C(=O)O)[C@@H](O)[C@H](O)[C@H]3O)c2)cc1O[C@H]1O[C@@H](C(=O)O)[C@H](O)[C@@H](O)[C@@H]1O. The molecule has 0 aromatic heterocycles. The minimum Gasteiger partial charge on any atom is -0.504 e. The van der Waals surface area contributed by atoms with Crippen LogP contribution in [0.2, 0.25) is 0 Å². The number of methoxy groups -OCH3 is 1. The normalized spacial score (nSPS) is 32.2. The molecule has 0 radical (unpaired) electrons. The van der Waals surface area contributed by atoms with Gasteiger partial charge in [0.15, 0.2) is 35.2 Å². The van der Waals surface area contributed by atoms with Crippen LogP contribution in [0.25, 0.3) is 0 Å². The molecule has 16 heteroatoms. The van der Waals surface area contributed by atoms with Gasteiger partial charge in [0, 0.05) is 0 Å². The van der Waals surface area contributed by atoms with Gasteiger partial charge in [0.1, 0.15) is 36.6 Å². The number of carboxylic acids is 2. The number of rotatable bonds is 12. The van der Waals surface area contributed by atoms with Gasteiger partial charge in [-0.15, -0.1) is 0 Å². The Labute approximate surface area is 268 Å². The number of hydrogen-bond acceptors (Lipinski definition) is 14. The number of aromatic hydroxyl groups is 1. The van der Waals surface area contributed by atoms with Crippen LogP contribution in [0, 0.1) is 11.8 Å². The summed E-state index contributed by atoms with van der Waals surface area (Å²) in [5, 5.41) is 89.7. The molecule has 47 heavy (non-hydrogen) atoms. The molecular formula is C31H40O16. The van der Waals surface area contributed by atoms with Crippen LogP contribution in [0.1, 0.15) is 25.0 Å². The van der Waals surface area contributed by atoms with Crippen molar-refractivity contribution in [1.29, 1.82) is 0 Å². The minimum atomic E-state index is -1.89. The first-order valence-electron chi connectivity index (χ1n) is 14.8. The van der Waals surface area contributed by atoms with Gasteiger partial charge in [-0.2, -0.15) is 0 Å². The van der Waals surface area contributed by atoms with Crippen LogP contribution in [0.5, 0.6) is 23.0 Å². The second-order valence-corrected chi connectivity index (χ2v) is 11.9. The van der Waals surface area contributed by atoms with Crippen LogP contribution in [0.3, 0.4) is 0 Å². The average molecular weight is 669 g/mol. The van der Waals surface area contributed by atoms with E-state index in [4.69, 9.17) is 23.7 Å². The van der Waals surface area contributed by atoms with Gasteiger partial charge in [0.05, 0.1) is 7.11 Å². The first kappa shape index (κ1) is 36.1. The molecule has 12 atom stereocenters. The van der Waals surface area contributed by atoms with Crippen molar-refractivity contribution < 1.29 is 79.2 Å². The van der Waals surface area contributed by atoms with Crippen molar-refractivity contribution in [2.24, 2.45) is 11.8 Å². The minimum absolute atomic E-state index is 0.0280. The zero-order valence-corrected chi connectivity index (χ0v) is 25.7. The summed E-state index contributed by atoms with van der Waals surface area (Å²) in [6, 6.07) is 9.55. The fraction of sp³-hybridized carbons (Fsp3) is 0.548. The van der Waals surface area contributed by atoms with Gasteiger partial charge >= 0.3 is 11.9 Å². The number of phenols is 1. The van der Waals surface area contributed by atoms with Crippen LogP contribution in [0.15, 0.2) is 36.4 Å². The van der Waals surface area contributed by atoms with E-state index in [9.17, 15) is 55.5 Å². The van der Waals surface area contributed by atoms with E-state index in [1.165, 1.54) is 19.2 Å². The summed E-state index contributed by atoms with van der Waals surface area (Å²) in [5.74, 6) is -3.15. The van der Waals surface area contributed by atoms with Crippen molar-refractivity contribution in [3.8, 4) is 23.0 Å². The van der Waals surface area contributed by atoms with E-state index in [0.717, 1.165) is 5.56 Å². The first-order valence-corrected chi connectivity index (χ1v) is 14.8. The molecule has 260 valence electrons. The van der Waals surface area contributed by atoms with E-state index in [2.05, 4.69) is 0 Å². The average Bonchev–Trinajstić information content (AvgIpc) is 3.02. The van der Waals surface area contributed by atoms with Gasteiger partial charge in [-0.1, -0.05) is 26.0 Å². The van der Waals surface area contributed by atoms with E-state index in [1.807, 2.05) is 13.8 Å². The molecule has 2 heterocycles. The summed E-state index contributed by atoms with van der Waals surface area (Å²) in [6.07, 6.45) is -17.0. The zero-order valence-electron chi connectivity index (χ0n) is 25.7. The highest BCUT2D eigenvalue weighted by Gasteiger charge is 2.49. The van der Waals surface area contributed by atoms with E-state index in [1.54, 1.807) is 24.3 Å². The molecule has 2 aliphatic heterocycles. The van der Waals surface area contributed by atoms with Crippen LogP contribution >= 0.6 is 0 Å². The van der Waals surface area contributed by atoms with E-state index < -0.39 is 73.4 Å². The second kappa shape index (κ2) is 15.0. The Bertz CT molecular complexity index is 1400. The van der Waals surface area contributed by atoms with Gasteiger partial charge in [-0.05, 0) is 60.1 Å². The van der Waals surface area contributed by atoms with Crippen molar-refractivity contribution in [3.63, 3.8) is 0 Å². The molecule has 2 aromatic carbocycles. The van der Waals surface area contributed by atoms with Gasteiger partial charge in [-0.25, -0.2) is 9.59 Å². The number of carboxylic acid groups (broad SMARTS) is 2. The second-order valence-electron chi connectivity index (χ2n) is 11.9. The van der Waals surface area contributed by atoms with Crippen molar-refractivity contribution in [3.05, 3.63) is 47.5 Å². The lowest BCUT2D eigenvalue weighted by atomic mass is 9.85. The summed E-state index contributed by atoms with van der Waals surface area (Å²) in [7, 11) is 1.38. The lowest BCUT2D eigenvalue weighted by Crippen LogP contribution is -2.61. The number of phenolic OH excluding ortho intramolecular Hbond substituents is 1. The molecule has 16 nitrogen and oxygen atoms in total. The number of aliphatic carboxylic acids is 2. The Morgan fingerprint density at radius 1 is 0.660 bits per heavy atom. The maximum Gasteiger partial charge on any atom is 0.335 e. The number of aliphatic hydroxyl groups is 6. The molecule has 0 amide bonds. The predicted molar refractivity (Wildman–Crippen MR) is 157 cm³/mol. The third-order valence-corrected chi connectivity index (χ3v) is 8.45. The van der Waals surface area contributed by atoms with E-state index in [-0.39, 0.29) is 34.8 Å². The molecule has 2 saturated heterocycles. The largest absolute Gasteiger partial charge is 0.504 e. The van der Waals surface area contributed by atoms with Crippen LogP contribution in [-0.2, 0) is 31.9 Å². The number of aliphatic hydroxyl groups excluding tert-OH is 6. The number of benzene rings is 2. The zero-order chi connectivity index (χ0) is 34.7. The first-order chi connectivity index (χ1) is 22.1. The Balaban J connectivity index is 1.43. The summed E-state index contributed by atoms with van der Waals surface area (Å²) in [6.45, 7) is 3.99. The highest BCUT2D eigenvalue weighted by molar-refractivity contribution is 5.74. The van der Waals surface area contributed by atoms with E-state index in [0.29, 0.717) is 18.4 Å². The predicted octanol–water partition coefficient (Wildman–Crippen LogP) is -1.000. The van der Waals surface area contributed by atoms with Crippen molar-refractivity contribution in [2.75, 3.05) is 7.11 Å². The van der Waals surface area contributed by atoms with Crippen LogP contribution < -0.4 is 14.2 Å². The molecule has 0 aliphatic carbocycles. The van der Waals surface area contributed by atoms with Gasteiger partial charge < -0.3 is 69.6 Å². The van der Waals surface area contributed by atoms with Gasteiger partial charge in [0.2, 0.25) is 12.6 Å². The lowest BCUT2D eigenvalue weighted by molar-refractivity contribution is -0.271. The molecule has 9 N–H and O–H groups in total. The number of carbonyl (C=O) groups is 2. The summed E-state index contributed by atoms with van der Waals surface area (Å²) >= 11 is 0. The topological polar surface area (TPSA) is 262 Å². The van der Waals surface area contributed by atoms with Crippen LogP contribution in [0.4, 0.5) is 0 Å². The number of hydrogen-bond donors (Lipinski definition) is 9. The molecule has 2 aromatic rings. The van der Waals surface area contributed by atoms with Crippen molar-refractivity contribution >= 4 is 11.9 Å². The van der Waals surface area contributed by atoms with Crippen molar-refractivity contribution in [2.45, 2.75) is 88.1 Å². The smallest absolute Gasteiger partial charge is 0.335 e. The maximum atomic E-state index is 11.5. The fourth-order valence-electron chi connectivity index (χ4n) is 5.42. The fourth-order valence-corrected chi connectivity index (χ4v) is 5.42. The number of ether oxygens (including phenoxy) is 5. The Morgan fingerprint density at radius 2 is 1.09 bits per heavy atom. The Morgan fingerprint density at radius 3 is 1.53 bits per heavy atom. The van der Waals surface area contributed by atoms with Crippen molar-refractivity contribution in [1.82, 2.24) is 0 Å².